The van der Waals surface area contributed by atoms with Gasteiger partial charge < -0.3 is 14.8 Å². The molecule has 0 bridgehead atoms. The molecule has 1 aromatic heterocycles. The fourth-order valence-corrected chi connectivity index (χ4v) is 1.77. The molecule has 94 valence electrons. The minimum atomic E-state index is -0.468. The molecule has 5 nitrogen and oxygen atoms in total. The molecular formula is C11H15BrN2O3. The van der Waals surface area contributed by atoms with Crippen LogP contribution in [0.15, 0.2) is 22.9 Å². The van der Waals surface area contributed by atoms with Gasteiger partial charge in [0, 0.05) is 26.0 Å². The molecule has 1 unspecified atom stereocenters. The summed E-state index contributed by atoms with van der Waals surface area (Å²) < 4.78 is 10.7. The number of nitrogens with one attached hydrogen (secondary N) is 1. The van der Waals surface area contributed by atoms with Gasteiger partial charge in [-0.15, -0.1) is 0 Å². The first-order chi connectivity index (χ1) is 8.08. The topological polar surface area (TPSA) is 60.5 Å². The predicted molar refractivity (Wildman–Crippen MR) is 66.7 cm³/mol. The highest BCUT2D eigenvalue weighted by Gasteiger charge is 2.18. The van der Waals surface area contributed by atoms with Gasteiger partial charge in [-0.25, -0.2) is 4.98 Å². The summed E-state index contributed by atoms with van der Waals surface area (Å²) in [5.74, 6) is -0.195. The van der Waals surface area contributed by atoms with Crippen LogP contribution in [0, 0.1) is 0 Å². The number of halogens is 1. The van der Waals surface area contributed by atoms with Gasteiger partial charge in [-0.3, -0.25) is 4.79 Å². The van der Waals surface area contributed by atoms with Crippen LogP contribution in [-0.2, 0) is 9.47 Å². The van der Waals surface area contributed by atoms with Crippen molar-refractivity contribution in [3.8, 4) is 0 Å². The van der Waals surface area contributed by atoms with Gasteiger partial charge in [0.25, 0.3) is 5.91 Å². The SMILES string of the molecule is COC(OC)C(C)NC(=O)c1ccnc(Br)c1. The van der Waals surface area contributed by atoms with Gasteiger partial charge in [0.05, 0.1) is 6.04 Å². The number of pyridine rings is 1. The summed E-state index contributed by atoms with van der Waals surface area (Å²) in [6.45, 7) is 1.81. The quantitative estimate of drug-likeness (QED) is 0.663. The lowest BCUT2D eigenvalue weighted by atomic mass is 10.2. The summed E-state index contributed by atoms with van der Waals surface area (Å²) in [5, 5.41) is 2.79. The molecule has 1 atom stereocenters. The molecule has 1 N–H and O–H groups in total. The summed E-state index contributed by atoms with van der Waals surface area (Å²) in [5.41, 5.74) is 0.532. The molecule has 1 rings (SSSR count). The van der Waals surface area contributed by atoms with Gasteiger partial charge in [-0.05, 0) is 35.0 Å². The van der Waals surface area contributed by atoms with Crippen molar-refractivity contribution in [3.63, 3.8) is 0 Å². The highest BCUT2D eigenvalue weighted by Crippen LogP contribution is 2.08. The van der Waals surface area contributed by atoms with Gasteiger partial charge in [0.2, 0.25) is 0 Å². The third-order valence-corrected chi connectivity index (χ3v) is 2.65. The minimum Gasteiger partial charge on any atom is -0.354 e. The van der Waals surface area contributed by atoms with E-state index in [2.05, 4.69) is 26.2 Å². The molecule has 0 saturated carbocycles. The van der Waals surface area contributed by atoms with Gasteiger partial charge in [0.15, 0.2) is 6.29 Å². The zero-order valence-electron chi connectivity index (χ0n) is 9.94. The number of hydrogen-bond acceptors (Lipinski definition) is 4. The monoisotopic (exact) mass is 302 g/mol. The van der Waals surface area contributed by atoms with Crippen molar-refractivity contribution in [1.82, 2.24) is 10.3 Å². The third kappa shape index (κ3) is 4.07. The van der Waals surface area contributed by atoms with Gasteiger partial charge in [0.1, 0.15) is 4.60 Å². The molecular weight excluding hydrogens is 288 g/mol. The highest BCUT2D eigenvalue weighted by atomic mass is 79.9. The average molecular weight is 303 g/mol. The Kier molecular flexibility index (Phi) is 5.54. The number of amides is 1. The minimum absolute atomic E-state index is 0.195. The molecule has 0 aliphatic carbocycles. The van der Waals surface area contributed by atoms with Gasteiger partial charge in [-0.1, -0.05) is 0 Å². The molecule has 1 amide bonds. The third-order valence-electron chi connectivity index (χ3n) is 2.22. The number of carbonyl (C=O) groups is 1. The van der Waals surface area contributed by atoms with E-state index in [1.807, 2.05) is 6.92 Å². The summed E-state index contributed by atoms with van der Waals surface area (Å²) in [6.07, 6.45) is 1.09. The van der Waals surface area contributed by atoms with Crippen molar-refractivity contribution in [2.45, 2.75) is 19.3 Å². The number of rotatable bonds is 5. The maximum Gasteiger partial charge on any atom is 0.251 e. The van der Waals surface area contributed by atoms with Crippen molar-refractivity contribution in [2.75, 3.05) is 14.2 Å². The average Bonchev–Trinajstić information content (AvgIpc) is 2.30. The van der Waals surface area contributed by atoms with Crippen LogP contribution in [0.3, 0.4) is 0 Å². The Labute approximate surface area is 109 Å². The van der Waals surface area contributed by atoms with Gasteiger partial charge in [-0.2, -0.15) is 0 Å². The molecule has 0 aliphatic rings. The summed E-state index contributed by atoms with van der Waals surface area (Å²) >= 11 is 3.21. The Bertz CT molecular complexity index is 383. The van der Waals surface area contributed by atoms with Crippen molar-refractivity contribution in [1.29, 1.82) is 0 Å². The van der Waals surface area contributed by atoms with Crippen LogP contribution in [0.1, 0.15) is 17.3 Å². The first-order valence-corrected chi connectivity index (χ1v) is 5.85. The van der Waals surface area contributed by atoms with Crippen LogP contribution in [0.4, 0.5) is 0 Å². The van der Waals surface area contributed by atoms with Crippen LogP contribution in [0.5, 0.6) is 0 Å². The van der Waals surface area contributed by atoms with Crippen molar-refractivity contribution in [2.24, 2.45) is 0 Å². The van der Waals surface area contributed by atoms with Crippen molar-refractivity contribution >= 4 is 21.8 Å². The molecule has 17 heavy (non-hydrogen) atoms. The lowest BCUT2D eigenvalue weighted by Crippen LogP contribution is -2.42. The molecule has 1 heterocycles. The number of carbonyl (C=O) groups excluding carboxylic acids is 1. The van der Waals surface area contributed by atoms with E-state index < -0.39 is 6.29 Å². The first kappa shape index (κ1) is 14.1. The molecule has 0 aliphatic heterocycles. The molecule has 0 aromatic carbocycles. The second kappa shape index (κ2) is 6.68. The van der Waals surface area contributed by atoms with E-state index in [9.17, 15) is 4.79 Å². The maximum absolute atomic E-state index is 11.9. The molecule has 0 fully saturated rings. The normalized spacial score (nSPS) is 12.5. The highest BCUT2D eigenvalue weighted by molar-refractivity contribution is 9.10. The smallest absolute Gasteiger partial charge is 0.251 e. The number of methoxy groups -OCH3 is 2. The standard InChI is InChI=1S/C11H15BrN2O3/c1-7(11(16-2)17-3)14-10(15)8-4-5-13-9(12)6-8/h4-7,11H,1-3H3,(H,14,15). The van der Waals surface area contributed by atoms with E-state index in [0.717, 1.165) is 0 Å². The zero-order valence-corrected chi connectivity index (χ0v) is 11.5. The Balaban J connectivity index is 2.66. The number of aromatic nitrogens is 1. The Morgan fingerprint density at radius 1 is 1.47 bits per heavy atom. The van der Waals surface area contributed by atoms with E-state index in [4.69, 9.17) is 9.47 Å². The predicted octanol–water partition coefficient (Wildman–Crippen LogP) is 1.58. The van der Waals surface area contributed by atoms with Crippen LogP contribution in [0.25, 0.3) is 0 Å². The van der Waals surface area contributed by atoms with Crippen molar-refractivity contribution < 1.29 is 14.3 Å². The largest absolute Gasteiger partial charge is 0.354 e. The molecule has 0 radical (unpaired) electrons. The number of nitrogens with zero attached hydrogens (tertiary/aromatic N) is 1. The van der Waals surface area contributed by atoms with Crippen LogP contribution in [-0.4, -0.2) is 37.4 Å². The van der Waals surface area contributed by atoms with Crippen LogP contribution < -0.4 is 5.32 Å². The number of ether oxygens (including phenoxy) is 2. The van der Waals surface area contributed by atoms with Gasteiger partial charge >= 0.3 is 0 Å². The van der Waals surface area contributed by atoms with Crippen LogP contribution >= 0.6 is 15.9 Å². The Morgan fingerprint density at radius 3 is 2.65 bits per heavy atom. The fourth-order valence-electron chi connectivity index (χ4n) is 1.41. The lowest BCUT2D eigenvalue weighted by molar-refractivity contribution is -0.117. The summed E-state index contributed by atoms with van der Waals surface area (Å²) in [7, 11) is 3.06. The van der Waals surface area contributed by atoms with Crippen molar-refractivity contribution in [3.05, 3.63) is 28.5 Å². The van der Waals surface area contributed by atoms with E-state index in [1.165, 1.54) is 14.2 Å². The lowest BCUT2D eigenvalue weighted by Gasteiger charge is -2.22. The maximum atomic E-state index is 11.9. The molecule has 6 heteroatoms. The number of hydrogen-bond donors (Lipinski definition) is 1. The van der Waals surface area contributed by atoms with E-state index >= 15 is 0 Å². The molecule has 0 saturated heterocycles. The second-order valence-corrected chi connectivity index (χ2v) is 4.28. The second-order valence-electron chi connectivity index (χ2n) is 3.47. The molecule has 0 spiro atoms. The van der Waals surface area contributed by atoms with E-state index in [0.29, 0.717) is 10.2 Å². The molecule has 1 aromatic rings. The summed E-state index contributed by atoms with van der Waals surface area (Å²) in [6, 6.07) is 3.04. The fraction of sp³-hybridized carbons (Fsp3) is 0.455. The van der Waals surface area contributed by atoms with E-state index in [1.54, 1.807) is 18.3 Å². The summed E-state index contributed by atoms with van der Waals surface area (Å²) in [4.78, 5) is 15.8. The zero-order chi connectivity index (χ0) is 12.8. The Morgan fingerprint density at radius 2 is 2.12 bits per heavy atom. The Hall–Kier alpha value is -0.980. The van der Waals surface area contributed by atoms with Crippen LogP contribution in [0.2, 0.25) is 0 Å². The first-order valence-electron chi connectivity index (χ1n) is 5.06. The van der Waals surface area contributed by atoms with E-state index in [-0.39, 0.29) is 11.9 Å².